The molecule has 0 radical (unpaired) electrons. The molecule has 1 aromatic carbocycles. The SMILES string of the molecule is O=C(Cn1cc([N+](=O)[O-])ccc1=O)N1CCN(S(=O)(=O)c2ccc3c(c2)OCCO3)CC1. The van der Waals surface area contributed by atoms with Gasteiger partial charge in [-0.15, -0.1) is 0 Å². The van der Waals surface area contributed by atoms with Gasteiger partial charge in [0.25, 0.3) is 11.2 Å². The molecule has 0 spiro atoms. The van der Waals surface area contributed by atoms with E-state index in [0.29, 0.717) is 24.7 Å². The lowest BCUT2D eigenvalue weighted by molar-refractivity contribution is -0.385. The number of ether oxygens (including phenoxy) is 2. The number of amides is 1. The number of carbonyl (C=O) groups is 1. The van der Waals surface area contributed by atoms with E-state index in [1.807, 2.05) is 0 Å². The van der Waals surface area contributed by atoms with Crippen molar-refractivity contribution in [1.29, 1.82) is 0 Å². The Bertz CT molecular complexity index is 1220. The quantitative estimate of drug-likeness (QED) is 0.447. The van der Waals surface area contributed by atoms with Gasteiger partial charge in [0, 0.05) is 44.4 Å². The standard InChI is InChI=1S/C19H20N4O8S/c24-18-4-1-14(23(26)27)12-21(18)13-19(25)20-5-7-22(8-6-20)32(28,29)15-2-3-16-17(11-15)31-10-9-30-16/h1-4,11-12H,5-10,13H2. The molecule has 12 nitrogen and oxygen atoms in total. The Morgan fingerprint density at radius 2 is 1.72 bits per heavy atom. The summed E-state index contributed by atoms with van der Waals surface area (Å²) in [5, 5.41) is 10.9. The molecule has 1 fully saturated rings. The van der Waals surface area contributed by atoms with Gasteiger partial charge in [0.1, 0.15) is 19.8 Å². The molecule has 0 aliphatic carbocycles. The van der Waals surface area contributed by atoms with Crippen molar-refractivity contribution in [3.63, 3.8) is 0 Å². The van der Waals surface area contributed by atoms with Crippen LogP contribution in [0.2, 0.25) is 0 Å². The smallest absolute Gasteiger partial charge is 0.285 e. The number of benzene rings is 1. The fraction of sp³-hybridized carbons (Fsp3) is 0.368. The summed E-state index contributed by atoms with van der Waals surface area (Å²) in [5.74, 6) is 0.430. The number of aromatic nitrogens is 1. The number of piperazine rings is 1. The van der Waals surface area contributed by atoms with Crippen molar-refractivity contribution in [2.24, 2.45) is 0 Å². The average Bonchev–Trinajstić information content (AvgIpc) is 2.80. The molecule has 170 valence electrons. The summed E-state index contributed by atoms with van der Waals surface area (Å²) >= 11 is 0. The fourth-order valence-corrected chi connectivity index (χ4v) is 4.95. The van der Waals surface area contributed by atoms with E-state index in [-0.39, 0.29) is 43.3 Å². The molecule has 4 rings (SSSR count). The van der Waals surface area contributed by atoms with E-state index >= 15 is 0 Å². The van der Waals surface area contributed by atoms with Gasteiger partial charge < -0.3 is 14.4 Å². The number of hydrogen-bond donors (Lipinski definition) is 0. The molecule has 0 N–H and O–H groups in total. The van der Waals surface area contributed by atoms with Crippen molar-refractivity contribution in [1.82, 2.24) is 13.8 Å². The second-order valence-corrected chi connectivity index (χ2v) is 9.14. The van der Waals surface area contributed by atoms with Gasteiger partial charge in [-0.2, -0.15) is 4.31 Å². The number of carbonyl (C=O) groups excluding carboxylic acids is 1. The van der Waals surface area contributed by atoms with Crippen LogP contribution in [0.5, 0.6) is 11.5 Å². The predicted molar refractivity (Wildman–Crippen MR) is 110 cm³/mol. The fourth-order valence-electron chi connectivity index (χ4n) is 3.51. The van der Waals surface area contributed by atoms with Crippen molar-refractivity contribution in [2.45, 2.75) is 11.4 Å². The lowest BCUT2D eigenvalue weighted by Gasteiger charge is -2.34. The van der Waals surface area contributed by atoms with E-state index in [9.17, 15) is 28.1 Å². The third-order valence-corrected chi connectivity index (χ3v) is 7.12. The highest BCUT2D eigenvalue weighted by Gasteiger charge is 2.31. The Labute approximate surface area is 182 Å². The monoisotopic (exact) mass is 464 g/mol. The molecule has 2 aromatic rings. The topological polar surface area (TPSA) is 141 Å². The second-order valence-electron chi connectivity index (χ2n) is 7.20. The molecule has 32 heavy (non-hydrogen) atoms. The lowest BCUT2D eigenvalue weighted by atomic mass is 10.3. The molecule has 1 aromatic heterocycles. The zero-order chi connectivity index (χ0) is 22.9. The molecular weight excluding hydrogens is 444 g/mol. The zero-order valence-corrected chi connectivity index (χ0v) is 17.7. The minimum Gasteiger partial charge on any atom is -0.486 e. The van der Waals surface area contributed by atoms with Crippen molar-refractivity contribution in [3.8, 4) is 11.5 Å². The largest absolute Gasteiger partial charge is 0.486 e. The maximum Gasteiger partial charge on any atom is 0.285 e. The van der Waals surface area contributed by atoms with E-state index in [4.69, 9.17) is 9.47 Å². The molecule has 13 heteroatoms. The Hall–Kier alpha value is -3.45. The van der Waals surface area contributed by atoms with Gasteiger partial charge in [-0.1, -0.05) is 0 Å². The van der Waals surface area contributed by atoms with Gasteiger partial charge in [0.15, 0.2) is 11.5 Å². The van der Waals surface area contributed by atoms with E-state index in [1.54, 1.807) is 6.07 Å². The third kappa shape index (κ3) is 4.29. The van der Waals surface area contributed by atoms with Crippen LogP contribution in [0.15, 0.2) is 46.2 Å². The average molecular weight is 464 g/mol. The normalized spacial score (nSPS) is 16.6. The number of sulfonamides is 1. The molecular formula is C19H20N4O8S. The van der Waals surface area contributed by atoms with Gasteiger partial charge in [-0.3, -0.25) is 24.3 Å². The maximum absolute atomic E-state index is 13.0. The Balaban J connectivity index is 1.41. The van der Waals surface area contributed by atoms with Gasteiger partial charge >= 0.3 is 0 Å². The van der Waals surface area contributed by atoms with Crippen molar-refractivity contribution in [3.05, 3.63) is 57.0 Å². The predicted octanol–water partition coefficient (Wildman–Crippen LogP) is 0.0608. The number of pyridine rings is 1. The molecule has 0 unspecified atom stereocenters. The van der Waals surface area contributed by atoms with Crippen LogP contribution in [0.3, 0.4) is 0 Å². The van der Waals surface area contributed by atoms with Gasteiger partial charge in [0.2, 0.25) is 15.9 Å². The van der Waals surface area contributed by atoms with Gasteiger partial charge in [0.05, 0.1) is 16.0 Å². The van der Waals surface area contributed by atoms with Crippen LogP contribution < -0.4 is 15.0 Å². The van der Waals surface area contributed by atoms with E-state index < -0.39 is 26.4 Å². The third-order valence-electron chi connectivity index (χ3n) is 5.23. The highest BCUT2D eigenvalue weighted by Crippen LogP contribution is 2.33. The minimum absolute atomic E-state index is 0.0738. The number of nitro groups is 1. The number of fused-ring (bicyclic) bond motifs is 1. The van der Waals surface area contributed by atoms with E-state index in [2.05, 4.69) is 0 Å². The zero-order valence-electron chi connectivity index (χ0n) is 16.9. The first kappa shape index (κ1) is 21.8. The first-order chi connectivity index (χ1) is 15.3. The summed E-state index contributed by atoms with van der Waals surface area (Å²) in [4.78, 5) is 36.3. The van der Waals surface area contributed by atoms with Gasteiger partial charge in [-0.05, 0) is 12.1 Å². The minimum atomic E-state index is -3.80. The maximum atomic E-state index is 13.0. The number of nitrogens with zero attached hydrogens (tertiary/aromatic N) is 4. The van der Waals surface area contributed by atoms with E-state index in [1.165, 1.54) is 21.3 Å². The van der Waals surface area contributed by atoms with Crippen molar-refractivity contribution < 1.29 is 27.6 Å². The van der Waals surface area contributed by atoms with Crippen LogP contribution >= 0.6 is 0 Å². The Morgan fingerprint density at radius 3 is 2.41 bits per heavy atom. The van der Waals surface area contributed by atoms with Crippen LogP contribution in [0.4, 0.5) is 5.69 Å². The summed E-state index contributed by atoms with van der Waals surface area (Å²) in [6, 6.07) is 6.54. The van der Waals surface area contributed by atoms with Crippen LogP contribution in [0.1, 0.15) is 0 Å². The molecule has 3 heterocycles. The van der Waals surface area contributed by atoms with Crippen LogP contribution in [-0.2, 0) is 21.4 Å². The van der Waals surface area contributed by atoms with Crippen LogP contribution in [0, 0.1) is 10.1 Å². The number of hydrogen-bond acceptors (Lipinski definition) is 8. The first-order valence-corrected chi connectivity index (χ1v) is 11.2. The lowest BCUT2D eigenvalue weighted by Crippen LogP contribution is -2.51. The molecule has 2 aliphatic heterocycles. The summed E-state index contributed by atoms with van der Waals surface area (Å²) in [7, 11) is -3.80. The highest BCUT2D eigenvalue weighted by atomic mass is 32.2. The summed E-state index contributed by atoms with van der Waals surface area (Å²) in [6.45, 7) is 0.787. The molecule has 0 saturated carbocycles. The van der Waals surface area contributed by atoms with Crippen LogP contribution in [-0.4, -0.2) is 72.4 Å². The van der Waals surface area contributed by atoms with Crippen LogP contribution in [0.25, 0.3) is 0 Å². The summed E-state index contributed by atoms with van der Waals surface area (Å²) in [6.07, 6.45) is 1.02. The van der Waals surface area contributed by atoms with Gasteiger partial charge in [-0.25, -0.2) is 8.42 Å². The number of rotatable bonds is 5. The first-order valence-electron chi connectivity index (χ1n) is 9.78. The van der Waals surface area contributed by atoms with Crippen molar-refractivity contribution in [2.75, 3.05) is 39.4 Å². The van der Waals surface area contributed by atoms with E-state index in [0.717, 1.165) is 22.9 Å². The highest BCUT2D eigenvalue weighted by molar-refractivity contribution is 7.89. The molecule has 0 atom stereocenters. The molecule has 2 aliphatic rings. The second kappa shape index (κ2) is 8.59. The summed E-state index contributed by atoms with van der Waals surface area (Å²) < 4.78 is 39.1. The molecule has 1 amide bonds. The Morgan fingerprint density at radius 1 is 1.03 bits per heavy atom. The Kier molecular flexibility index (Phi) is 5.84. The molecule has 0 bridgehead atoms. The summed E-state index contributed by atoms with van der Waals surface area (Å²) in [5.41, 5.74) is -0.837. The van der Waals surface area contributed by atoms with Crippen molar-refractivity contribution >= 4 is 21.6 Å². The molecule has 1 saturated heterocycles.